The van der Waals surface area contributed by atoms with Crippen LogP contribution in [0, 0.1) is 0 Å². The average Bonchev–Trinajstić information content (AvgIpc) is 2.66. The van der Waals surface area contributed by atoms with Gasteiger partial charge in [-0.1, -0.05) is 41.5 Å². The lowest BCUT2D eigenvalue weighted by Gasteiger charge is -2.36. The summed E-state index contributed by atoms with van der Waals surface area (Å²) < 4.78 is 12.7. The van der Waals surface area contributed by atoms with Crippen LogP contribution in [0.1, 0.15) is 78.6 Å². The molecule has 2 N–H and O–H groups in total. The molecule has 9 heteroatoms. The minimum absolute atomic E-state index is 0.0758. The molecule has 0 saturated heterocycles. The van der Waals surface area contributed by atoms with E-state index in [1.54, 1.807) is 0 Å². The molecule has 1 amide bonds. The normalized spacial score (nSPS) is 13.1. The van der Waals surface area contributed by atoms with E-state index in [4.69, 9.17) is 18.9 Å². The molecule has 1 aromatic heterocycles. The first-order chi connectivity index (χ1) is 15.3. The highest BCUT2D eigenvalue weighted by molar-refractivity contribution is 6.74. The van der Waals surface area contributed by atoms with Crippen molar-refractivity contribution in [2.75, 3.05) is 5.32 Å². The summed E-state index contributed by atoms with van der Waals surface area (Å²) in [5, 5.41) is 11.9. The number of anilines is 1. The van der Waals surface area contributed by atoms with Crippen LogP contribution in [0.3, 0.4) is 0 Å². The van der Waals surface area contributed by atoms with E-state index in [2.05, 4.69) is 73.0 Å². The summed E-state index contributed by atoms with van der Waals surface area (Å²) in [4.78, 5) is 27.9. The Balaban J connectivity index is 3.02. The number of hydrogen-bond donors (Lipinski definition) is 2. The second-order valence-electron chi connectivity index (χ2n) is 12.1. The summed E-state index contributed by atoms with van der Waals surface area (Å²) >= 11 is 0. The molecule has 34 heavy (non-hydrogen) atoms. The van der Waals surface area contributed by atoms with E-state index in [0.717, 1.165) is 11.4 Å². The third kappa shape index (κ3) is 9.97. The van der Waals surface area contributed by atoms with Crippen molar-refractivity contribution in [1.29, 1.82) is 0 Å². The van der Waals surface area contributed by atoms with Gasteiger partial charge < -0.3 is 19.3 Å². The van der Waals surface area contributed by atoms with Gasteiger partial charge in [0.1, 0.15) is 0 Å². The van der Waals surface area contributed by atoms with Crippen LogP contribution in [0.15, 0.2) is 12.1 Å². The molecule has 0 unspecified atom stereocenters. The van der Waals surface area contributed by atoms with Crippen molar-refractivity contribution in [3.63, 3.8) is 0 Å². The number of carboxylic acid groups (broad SMARTS) is 1. The Morgan fingerprint density at radius 3 is 1.65 bits per heavy atom. The number of rotatable bonds is 12. The van der Waals surface area contributed by atoms with Crippen LogP contribution in [0.25, 0.3) is 0 Å². The highest BCUT2D eigenvalue weighted by Gasteiger charge is 2.38. The van der Waals surface area contributed by atoms with E-state index >= 15 is 0 Å². The van der Waals surface area contributed by atoms with E-state index in [0.29, 0.717) is 31.7 Å². The Morgan fingerprint density at radius 1 is 0.853 bits per heavy atom. The number of unbranched alkanes of at least 4 members (excludes halogenated alkanes) is 1. The number of pyridine rings is 1. The van der Waals surface area contributed by atoms with Crippen molar-refractivity contribution >= 4 is 34.2 Å². The first-order valence-corrected chi connectivity index (χ1v) is 18.0. The number of nitrogens with one attached hydrogen (secondary N) is 1. The first-order valence-electron chi connectivity index (χ1n) is 12.1. The summed E-state index contributed by atoms with van der Waals surface area (Å²) in [6, 6.07) is 3.72. The molecule has 0 aliphatic rings. The summed E-state index contributed by atoms with van der Waals surface area (Å²) in [7, 11) is -3.92. The summed E-state index contributed by atoms with van der Waals surface area (Å²) in [6.45, 7) is 22.8. The molecule has 0 aromatic carbocycles. The molecule has 7 nitrogen and oxygen atoms in total. The van der Waals surface area contributed by atoms with Gasteiger partial charge >= 0.3 is 5.97 Å². The number of carbonyl (C=O) groups excluding carboxylic acids is 1. The lowest BCUT2D eigenvalue weighted by molar-refractivity contribution is -0.137. The maximum absolute atomic E-state index is 12.4. The molecule has 0 radical (unpaired) electrons. The van der Waals surface area contributed by atoms with Gasteiger partial charge in [-0.2, -0.15) is 0 Å². The van der Waals surface area contributed by atoms with Crippen LogP contribution in [-0.2, 0) is 31.7 Å². The molecule has 0 aliphatic carbocycles. The molecule has 1 rings (SSSR count). The zero-order valence-electron chi connectivity index (χ0n) is 22.9. The van der Waals surface area contributed by atoms with Gasteiger partial charge in [0.15, 0.2) is 16.6 Å². The van der Waals surface area contributed by atoms with Crippen molar-refractivity contribution in [2.45, 2.75) is 117 Å². The molecule has 0 bridgehead atoms. The maximum Gasteiger partial charge on any atom is 0.303 e. The van der Waals surface area contributed by atoms with Crippen LogP contribution in [0.5, 0.6) is 0 Å². The highest BCUT2D eigenvalue weighted by Crippen LogP contribution is 2.38. The number of aromatic nitrogens is 1. The van der Waals surface area contributed by atoms with Crippen LogP contribution < -0.4 is 5.32 Å². The van der Waals surface area contributed by atoms with E-state index in [9.17, 15) is 9.59 Å². The Hall–Kier alpha value is -1.56. The van der Waals surface area contributed by atoms with Crippen molar-refractivity contribution in [3.8, 4) is 0 Å². The topological polar surface area (TPSA) is 97.8 Å². The standard InChI is InChI=1S/C25H46N2O5Si2/c1-24(2,3)33(7,8)31-17-20-15-19(27-22(28)13-11-12-14-23(29)30)16-21(26-20)18-32-34(9,10)25(4,5)6/h15-16H,11-14,17-18H2,1-10H3,(H,29,30)(H,26,27,28). The monoisotopic (exact) mass is 510 g/mol. The Bertz CT molecular complexity index is 794. The molecule has 0 aliphatic heterocycles. The lowest BCUT2D eigenvalue weighted by Crippen LogP contribution is -2.40. The number of carboxylic acids is 1. The zero-order chi connectivity index (χ0) is 26.4. The number of carbonyl (C=O) groups is 2. The Morgan fingerprint density at radius 2 is 1.26 bits per heavy atom. The average molecular weight is 511 g/mol. The fraction of sp³-hybridized carbons (Fsp3) is 0.720. The molecular weight excluding hydrogens is 464 g/mol. The second kappa shape index (κ2) is 11.9. The van der Waals surface area contributed by atoms with Gasteiger partial charge in [0.25, 0.3) is 0 Å². The fourth-order valence-electron chi connectivity index (χ4n) is 2.60. The summed E-state index contributed by atoms with van der Waals surface area (Å²) in [5.41, 5.74) is 2.20. The first kappa shape index (κ1) is 30.5. The minimum Gasteiger partial charge on any atom is -0.481 e. The Kier molecular flexibility index (Phi) is 10.7. The minimum atomic E-state index is -1.96. The van der Waals surface area contributed by atoms with Gasteiger partial charge in [0.05, 0.1) is 24.6 Å². The van der Waals surface area contributed by atoms with Crippen LogP contribution in [0.4, 0.5) is 5.69 Å². The number of nitrogens with zero attached hydrogens (tertiary/aromatic N) is 1. The quantitative estimate of drug-likeness (QED) is 0.239. The third-order valence-electron chi connectivity index (χ3n) is 7.03. The number of amides is 1. The molecular formula is C25H46N2O5Si2. The SMILES string of the molecule is CC(C)(C)[Si](C)(C)OCc1cc(NC(=O)CCCCC(=O)O)cc(CO[Si](C)(C)C(C)(C)C)n1. The second-order valence-corrected chi connectivity index (χ2v) is 21.7. The van der Waals surface area contributed by atoms with Crippen molar-refractivity contribution in [3.05, 3.63) is 23.5 Å². The van der Waals surface area contributed by atoms with E-state index in [-0.39, 0.29) is 28.8 Å². The van der Waals surface area contributed by atoms with Crippen molar-refractivity contribution in [1.82, 2.24) is 4.98 Å². The van der Waals surface area contributed by atoms with Crippen LogP contribution in [-0.4, -0.2) is 38.6 Å². The number of hydrogen-bond acceptors (Lipinski definition) is 5. The largest absolute Gasteiger partial charge is 0.481 e. The smallest absolute Gasteiger partial charge is 0.303 e. The molecule has 0 saturated carbocycles. The van der Waals surface area contributed by atoms with Crippen molar-refractivity contribution < 1.29 is 23.5 Å². The zero-order valence-corrected chi connectivity index (χ0v) is 24.9. The van der Waals surface area contributed by atoms with E-state index in [1.807, 2.05) is 12.1 Å². The lowest BCUT2D eigenvalue weighted by atomic mass is 10.2. The van der Waals surface area contributed by atoms with E-state index in [1.165, 1.54) is 0 Å². The molecule has 1 aromatic rings. The van der Waals surface area contributed by atoms with Gasteiger partial charge in [-0.3, -0.25) is 14.6 Å². The van der Waals surface area contributed by atoms with Gasteiger partial charge in [-0.05, 0) is 61.2 Å². The molecule has 1 heterocycles. The molecule has 0 spiro atoms. The molecule has 0 atom stereocenters. The Labute approximate surface area is 208 Å². The summed E-state index contributed by atoms with van der Waals surface area (Å²) in [6.07, 6.45) is 1.37. The number of aliphatic carboxylic acids is 1. The summed E-state index contributed by atoms with van der Waals surface area (Å²) in [5.74, 6) is -0.976. The molecule has 0 fully saturated rings. The maximum atomic E-state index is 12.4. The van der Waals surface area contributed by atoms with Gasteiger partial charge in [0.2, 0.25) is 5.91 Å². The van der Waals surface area contributed by atoms with Gasteiger partial charge in [-0.15, -0.1) is 0 Å². The highest BCUT2D eigenvalue weighted by atomic mass is 28.4. The van der Waals surface area contributed by atoms with Crippen molar-refractivity contribution in [2.24, 2.45) is 0 Å². The van der Waals surface area contributed by atoms with Gasteiger partial charge in [0, 0.05) is 18.5 Å². The molecule has 194 valence electrons. The predicted octanol–water partition coefficient (Wildman–Crippen LogP) is 6.71. The van der Waals surface area contributed by atoms with E-state index < -0.39 is 22.6 Å². The predicted molar refractivity (Wildman–Crippen MR) is 143 cm³/mol. The van der Waals surface area contributed by atoms with Crippen LogP contribution >= 0.6 is 0 Å². The fourth-order valence-corrected chi connectivity index (χ4v) is 4.48. The third-order valence-corrected chi connectivity index (χ3v) is 16.0. The van der Waals surface area contributed by atoms with Gasteiger partial charge in [-0.25, -0.2) is 0 Å². The van der Waals surface area contributed by atoms with Crippen LogP contribution in [0.2, 0.25) is 36.3 Å².